The van der Waals surface area contributed by atoms with Crippen LogP contribution in [-0.2, 0) is 4.79 Å². The molecule has 6 heteroatoms. The van der Waals surface area contributed by atoms with E-state index in [1.807, 2.05) is 0 Å². The van der Waals surface area contributed by atoms with E-state index in [1.165, 1.54) is 26.2 Å². The van der Waals surface area contributed by atoms with Gasteiger partial charge in [-0.05, 0) is 13.0 Å². The largest absolute Gasteiger partial charge is 0.493 e. The maximum Gasteiger partial charge on any atom is 0.344 e. The molecule has 0 aliphatic carbocycles. The first-order valence-corrected chi connectivity index (χ1v) is 5.09. The summed E-state index contributed by atoms with van der Waals surface area (Å²) in [5.41, 5.74) is 0.141. The molecule has 0 saturated heterocycles. The van der Waals surface area contributed by atoms with Gasteiger partial charge >= 0.3 is 5.97 Å². The van der Waals surface area contributed by atoms with Crippen LogP contribution in [0.5, 0.6) is 11.5 Å². The quantitative estimate of drug-likeness (QED) is 0.818. The summed E-state index contributed by atoms with van der Waals surface area (Å²) in [6, 6.07) is 2.82. The van der Waals surface area contributed by atoms with Gasteiger partial charge in [0.05, 0.1) is 12.7 Å². The minimum absolute atomic E-state index is 0.0711. The zero-order valence-electron chi connectivity index (χ0n) is 9.27. The van der Waals surface area contributed by atoms with Crippen LogP contribution in [0.1, 0.15) is 17.3 Å². The molecule has 0 aromatic heterocycles. The fourth-order valence-electron chi connectivity index (χ4n) is 1.18. The monoisotopic (exact) mass is 258 g/mol. The molecule has 0 aliphatic heterocycles. The Bertz CT molecular complexity index is 444. The van der Waals surface area contributed by atoms with Gasteiger partial charge in [0.15, 0.2) is 23.9 Å². The van der Waals surface area contributed by atoms with Crippen molar-refractivity contribution in [3.63, 3.8) is 0 Å². The fraction of sp³-hybridized carbons (Fsp3) is 0.273. The molecule has 0 unspecified atom stereocenters. The molecule has 0 aliphatic rings. The molecule has 0 radical (unpaired) electrons. The number of carboxylic acid groups (broad SMARTS) is 1. The van der Waals surface area contributed by atoms with Crippen molar-refractivity contribution < 1.29 is 24.2 Å². The number of rotatable bonds is 5. The first-order valence-electron chi connectivity index (χ1n) is 4.71. The lowest BCUT2D eigenvalue weighted by Gasteiger charge is -2.15. The molecule has 17 heavy (non-hydrogen) atoms. The predicted octanol–water partition coefficient (Wildman–Crippen LogP) is 2.01. The lowest BCUT2D eigenvalue weighted by Crippen LogP contribution is -2.23. The van der Waals surface area contributed by atoms with Crippen LogP contribution in [0.4, 0.5) is 0 Å². The molecule has 1 rings (SSSR count). The maximum absolute atomic E-state index is 10.9. The van der Waals surface area contributed by atoms with Crippen LogP contribution in [0.3, 0.4) is 0 Å². The molecule has 5 nitrogen and oxygen atoms in total. The Labute approximate surface area is 103 Å². The second-order valence-corrected chi connectivity index (χ2v) is 3.68. The van der Waals surface area contributed by atoms with Gasteiger partial charge in [0, 0.05) is 11.1 Å². The number of carbonyl (C=O) groups excluding carboxylic acids is 1. The molecular weight excluding hydrogens is 248 g/mol. The van der Waals surface area contributed by atoms with Gasteiger partial charge in [-0.25, -0.2) is 4.79 Å². The number of hydrogen-bond acceptors (Lipinski definition) is 4. The first kappa shape index (κ1) is 13.3. The smallest absolute Gasteiger partial charge is 0.344 e. The fourth-order valence-corrected chi connectivity index (χ4v) is 1.40. The van der Waals surface area contributed by atoms with Gasteiger partial charge in [-0.15, -0.1) is 0 Å². The Kier molecular flexibility index (Phi) is 4.34. The van der Waals surface area contributed by atoms with Crippen LogP contribution in [0, 0.1) is 0 Å². The molecule has 0 spiro atoms. The molecule has 1 atom stereocenters. The highest BCUT2D eigenvalue weighted by Crippen LogP contribution is 2.34. The summed E-state index contributed by atoms with van der Waals surface area (Å²) in [6.45, 7) is 1.35. The molecular formula is C11H11ClO5. The lowest BCUT2D eigenvalue weighted by molar-refractivity contribution is -0.144. The van der Waals surface area contributed by atoms with Gasteiger partial charge in [-0.2, -0.15) is 0 Å². The SMILES string of the molecule is COc1cc(Cl)cc(C=O)c1O[C@H](C)C(=O)O. The van der Waals surface area contributed by atoms with E-state index in [9.17, 15) is 9.59 Å². The molecule has 1 aromatic carbocycles. The number of benzene rings is 1. The Morgan fingerprint density at radius 1 is 1.53 bits per heavy atom. The third-order valence-corrected chi connectivity index (χ3v) is 2.26. The van der Waals surface area contributed by atoms with E-state index in [-0.39, 0.29) is 17.1 Å². The van der Waals surface area contributed by atoms with Crippen LogP contribution >= 0.6 is 11.6 Å². The Morgan fingerprint density at radius 2 is 2.18 bits per heavy atom. The van der Waals surface area contributed by atoms with Crippen LogP contribution in [0.25, 0.3) is 0 Å². The van der Waals surface area contributed by atoms with Gasteiger partial charge in [0.1, 0.15) is 0 Å². The van der Waals surface area contributed by atoms with E-state index in [4.69, 9.17) is 26.2 Å². The van der Waals surface area contributed by atoms with E-state index in [0.29, 0.717) is 11.3 Å². The Morgan fingerprint density at radius 3 is 2.65 bits per heavy atom. The number of ether oxygens (including phenoxy) is 2. The van der Waals surface area contributed by atoms with E-state index in [1.54, 1.807) is 0 Å². The predicted molar refractivity (Wildman–Crippen MR) is 61.1 cm³/mol. The van der Waals surface area contributed by atoms with Crippen molar-refractivity contribution in [2.75, 3.05) is 7.11 Å². The van der Waals surface area contributed by atoms with E-state index >= 15 is 0 Å². The summed E-state index contributed by atoms with van der Waals surface area (Å²) in [5.74, 6) is -0.853. The Balaban J connectivity index is 3.19. The molecule has 0 amide bonds. The highest BCUT2D eigenvalue weighted by molar-refractivity contribution is 6.31. The van der Waals surface area contributed by atoms with E-state index in [2.05, 4.69) is 0 Å². The van der Waals surface area contributed by atoms with Crippen LogP contribution in [0.15, 0.2) is 12.1 Å². The van der Waals surface area contributed by atoms with E-state index < -0.39 is 12.1 Å². The molecule has 0 saturated carbocycles. The molecule has 1 N–H and O–H groups in total. The Hall–Kier alpha value is -1.75. The second kappa shape index (κ2) is 5.54. The zero-order chi connectivity index (χ0) is 13.0. The number of carbonyl (C=O) groups is 2. The lowest BCUT2D eigenvalue weighted by atomic mass is 10.2. The van der Waals surface area contributed by atoms with Crippen molar-refractivity contribution in [2.45, 2.75) is 13.0 Å². The standard InChI is InChI=1S/C11H11ClO5/c1-6(11(14)15)17-10-7(5-13)3-8(12)4-9(10)16-2/h3-6H,1-2H3,(H,14,15)/t6-/m1/s1. The third kappa shape index (κ3) is 3.10. The average molecular weight is 259 g/mol. The molecule has 92 valence electrons. The number of aldehydes is 1. The summed E-state index contributed by atoms with van der Waals surface area (Å²) in [7, 11) is 1.37. The first-order chi connectivity index (χ1) is 7.99. The normalized spacial score (nSPS) is 11.7. The van der Waals surface area contributed by atoms with Crippen LogP contribution < -0.4 is 9.47 Å². The minimum atomic E-state index is -1.14. The average Bonchev–Trinajstić information content (AvgIpc) is 2.30. The van der Waals surface area contributed by atoms with Crippen LogP contribution in [0.2, 0.25) is 5.02 Å². The van der Waals surface area contributed by atoms with Crippen molar-refractivity contribution in [1.29, 1.82) is 0 Å². The highest BCUT2D eigenvalue weighted by atomic mass is 35.5. The number of hydrogen-bond donors (Lipinski definition) is 1. The second-order valence-electron chi connectivity index (χ2n) is 3.24. The van der Waals surface area contributed by atoms with Crippen molar-refractivity contribution in [1.82, 2.24) is 0 Å². The zero-order valence-corrected chi connectivity index (χ0v) is 10.0. The van der Waals surface area contributed by atoms with Gasteiger partial charge in [-0.1, -0.05) is 11.6 Å². The van der Waals surface area contributed by atoms with Gasteiger partial charge < -0.3 is 14.6 Å². The summed E-state index contributed by atoms with van der Waals surface area (Å²) in [4.78, 5) is 21.5. The number of carboxylic acids is 1. The number of aliphatic carboxylic acids is 1. The summed E-state index contributed by atoms with van der Waals surface area (Å²) >= 11 is 5.77. The summed E-state index contributed by atoms with van der Waals surface area (Å²) in [5, 5.41) is 9.05. The summed E-state index contributed by atoms with van der Waals surface area (Å²) < 4.78 is 10.1. The van der Waals surface area contributed by atoms with Crippen molar-refractivity contribution in [3.05, 3.63) is 22.7 Å². The van der Waals surface area contributed by atoms with Gasteiger partial charge in [0.2, 0.25) is 0 Å². The van der Waals surface area contributed by atoms with Crippen molar-refractivity contribution >= 4 is 23.9 Å². The maximum atomic E-state index is 10.9. The highest BCUT2D eigenvalue weighted by Gasteiger charge is 2.19. The van der Waals surface area contributed by atoms with Crippen molar-refractivity contribution in [2.24, 2.45) is 0 Å². The molecule has 0 heterocycles. The number of methoxy groups -OCH3 is 1. The van der Waals surface area contributed by atoms with Crippen molar-refractivity contribution in [3.8, 4) is 11.5 Å². The van der Waals surface area contributed by atoms with Crippen LogP contribution in [-0.4, -0.2) is 30.6 Å². The summed E-state index contributed by atoms with van der Waals surface area (Å²) in [6.07, 6.45) is -0.568. The van der Waals surface area contributed by atoms with Gasteiger partial charge in [0.25, 0.3) is 0 Å². The van der Waals surface area contributed by atoms with Gasteiger partial charge in [-0.3, -0.25) is 4.79 Å². The minimum Gasteiger partial charge on any atom is -0.493 e. The molecule has 1 aromatic rings. The number of halogens is 1. The molecule has 0 bridgehead atoms. The van der Waals surface area contributed by atoms with E-state index in [0.717, 1.165) is 0 Å². The third-order valence-electron chi connectivity index (χ3n) is 2.04. The molecule has 0 fully saturated rings. The topological polar surface area (TPSA) is 72.8 Å².